The van der Waals surface area contributed by atoms with Gasteiger partial charge in [-0.1, -0.05) is 67.8 Å². The maximum Gasteiger partial charge on any atom is 0.260 e. The summed E-state index contributed by atoms with van der Waals surface area (Å²) in [4.78, 5) is 24.4. The predicted octanol–water partition coefficient (Wildman–Crippen LogP) is 6.01. The van der Waals surface area contributed by atoms with Crippen LogP contribution in [0.4, 0.5) is 0 Å². The van der Waals surface area contributed by atoms with Gasteiger partial charge in [0.05, 0.1) is 18.0 Å². The molecule has 1 fully saturated rings. The van der Waals surface area contributed by atoms with Crippen molar-refractivity contribution >= 4 is 21.6 Å². The Morgan fingerprint density at radius 1 is 1.08 bits per heavy atom. The van der Waals surface area contributed by atoms with Gasteiger partial charge >= 0.3 is 0 Å². The Labute approximate surface area is 216 Å². The van der Waals surface area contributed by atoms with Gasteiger partial charge < -0.3 is 10.1 Å². The first-order valence-corrected chi connectivity index (χ1v) is 13.9. The van der Waals surface area contributed by atoms with Gasteiger partial charge in [-0.2, -0.15) is 0 Å². The zero-order chi connectivity index (χ0) is 25.1. The molecule has 2 aromatic heterocycles. The minimum Gasteiger partial charge on any atom is -0.391 e. The highest BCUT2D eigenvalue weighted by atomic mass is 32.1. The molecule has 1 saturated carbocycles. The Balaban J connectivity index is 1.40. The topological polar surface area (TPSA) is 69.2 Å². The minimum atomic E-state index is -0.470. The van der Waals surface area contributed by atoms with E-state index in [2.05, 4.69) is 54.1 Å². The molecule has 0 bridgehead atoms. The second kappa shape index (κ2) is 11.1. The van der Waals surface area contributed by atoms with Gasteiger partial charge in [0, 0.05) is 23.5 Å². The van der Waals surface area contributed by atoms with E-state index in [1.807, 2.05) is 23.6 Å². The molecular weight excluding hydrogens is 466 g/mol. The van der Waals surface area contributed by atoms with Crippen LogP contribution in [0.5, 0.6) is 0 Å². The zero-order valence-corrected chi connectivity index (χ0v) is 22.0. The lowest BCUT2D eigenvalue weighted by Gasteiger charge is -2.35. The molecule has 0 unspecified atom stereocenters. The van der Waals surface area contributed by atoms with Crippen LogP contribution < -0.4 is 5.56 Å². The number of fused-ring (bicyclic) bond motifs is 1. The average Bonchev–Trinajstić information content (AvgIpc) is 3.31. The molecule has 5 nitrogen and oxygen atoms in total. The van der Waals surface area contributed by atoms with E-state index in [9.17, 15) is 9.90 Å². The highest BCUT2D eigenvalue weighted by Crippen LogP contribution is 2.32. The Morgan fingerprint density at radius 3 is 2.61 bits per heavy atom. The molecule has 36 heavy (non-hydrogen) atoms. The normalized spacial score (nSPS) is 15.6. The summed E-state index contributed by atoms with van der Waals surface area (Å²) in [6.07, 6.45) is 6.10. The number of nitrogens with one attached hydrogen (secondary N) is 1. The molecule has 188 valence electrons. The van der Waals surface area contributed by atoms with Crippen molar-refractivity contribution in [3.8, 4) is 11.1 Å². The summed E-state index contributed by atoms with van der Waals surface area (Å²) in [5.74, 6) is 0.679. The highest BCUT2D eigenvalue weighted by molar-refractivity contribution is 7.17. The van der Waals surface area contributed by atoms with Gasteiger partial charge in [-0.15, -0.1) is 11.3 Å². The van der Waals surface area contributed by atoms with E-state index in [0.29, 0.717) is 36.8 Å². The molecule has 0 spiro atoms. The van der Waals surface area contributed by atoms with E-state index in [1.165, 1.54) is 41.7 Å². The van der Waals surface area contributed by atoms with Crippen LogP contribution in [0.2, 0.25) is 0 Å². The third-order valence-electron chi connectivity index (χ3n) is 7.51. The molecule has 4 aromatic rings. The average molecular weight is 502 g/mol. The molecule has 1 atom stereocenters. The molecule has 0 amide bonds. The van der Waals surface area contributed by atoms with Crippen molar-refractivity contribution in [3.05, 3.63) is 86.8 Å². The zero-order valence-electron chi connectivity index (χ0n) is 21.2. The summed E-state index contributed by atoms with van der Waals surface area (Å²) < 4.78 is 0. The van der Waals surface area contributed by atoms with Gasteiger partial charge in [0.25, 0.3) is 5.56 Å². The van der Waals surface area contributed by atoms with Crippen LogP contribution >= 0.6 is 11.3 Å². The lowest BCUT2D eigenvalue weighted by atomic mass is 9.93. The smallest absolute Gasteiger partial charge is 0.260 e. The summed E-state index contributed by atoms with van der Waals surface area (Å²) >= 11 is 1.53. The number of thiophene rings is 1. The van der Waals surface area contributed by atoms with E-state index >= 15 is 0 Å². The summed E-state index contributed by atoms with van der Waals surface area (Å²) in [5.41, 5.74) is 5.50. The Kier molecular flexibility index (Phi) is 7.65. The highest BCUT2D eigenvalue weighted by Gasteiger charge is 2.25. The molecular formula is C30H35N3O2S. The molecule has 2 N–H and O–H groups in total. The largest absolute Gasteiger partial charge is 0.391 e. The van der Waals surface area contributed by atoms with Crippen LogP contribution in [0.3, 0.4) is 0 Å². The molecule has 5 rings (SSSR count). The third-order valence-corrected chi connectivity index (χ3v) is 8.39. The minimum absolute atomic E-state index is 0.0853. The van der Waals surface area contributed by atoms with E-state index < -0.39 is 6.10 Å². The van der Waals surface area contributed by atoms with Gasteiger partial charge in [0.2, 0.25) is 0 Å². The fraction of sp³-hybridized carbons (Fsp3) is 0.400. The van der Waals surface area contributed by atoms with Gasteiger partial charge in [0.15, 0.2) is 0 Å². The third kappa shape index (κ3) is 5.61. The number of aromatic amines is 1. The number of aliphatic hydroxyl groups is 1. The van der Waals surface area contributed by atoms with Crippen LogP contribution in [-0.2, 0) is 13.0 Å². The van der Waals surface area contributed by atoms with Crippen molar-refractivity contribution in [1.82, 2.24) is 14.9 Å². The van der Waals surface area contributed by atoms with Gasteiger partial charge in [-0.3, -0.25) is 9.69 Å². The number of aryl methyl sites for hydroxylation is 2. The lowest BCUT2D eigenvalue weighted by Crippen LogP contribution is -2.42. The molecule has 0 aliphatic heterocycles. The monoisotopic (exact) mass is 501 g/mol. The van der Waals surface area contributed by atoms with E-state index in [1.54, 1.807) is 0 Å². The number of hydrogen-bond acceptors (Lipinski definition) is 5. The first-order valence-electron chi connectivity index (χ1n) is 13.0. The first-order chi connectivity index (χ1) is 17.5. The summed E-state index contributed by atoms with van der Waals surface area (Å²) in [6, 6.07) is 16.9. The molecule has 0 radical (unpaired) electrons. The number of aliphatic hydroxyl groups excluding tert-OH is 1. The number of hydrogen-bond donors (Lipinski definition) is 2. The van der Waals surface area contributed by atoms with Crippen molar-refractivity contribution in [2.24, 2.45) is 0 Å². The number of rotatable bonds is 8. The summed E-state index contributed by atoms with van der Waals surface area (Å²) in [6.45, 7) is 5.30. The molecule has 6 heteroatoms. The van der Waals surface area contributed by atoms with E-state index in [4.69, 9.17) is 4.98 Å². The van der Waals surface area contributed by atoms with E-state index in [0.717, 1.165) is 34.4 Å². The van der Waals surface area contributed by atoms with Crippen LogP contribution in [0.15, 0.2) is 58.7 Å². The lowest BCUT2D eigenvalue weighted by molar-refractivity contribution is 0.0662. The van der Waals surface area contributed by atoms with Crippen LogP contribution in [0.1, 0.15) is 54.6 Å². The fourth-order valence-electron chi connectivity index (χ4n) is 5.39. The summed E-state index contributed by atoms with van der Waals surface area (Å²) in [7, 11) is 0. The van der Waals surface area contributed by atoms with Gasteiger partial charge in [0.1, 0.15) is 10.7 Å². The first kappa shape index (κ1) is 24.9. The van der Waals surface area contributed by atoms with Gasteiger partial charge in [-0.25, -0.2) is 4.98 Å². The van der Waals surface area contributed by atoms with Crippen molar-refractivity contribution < 1.29 is 5.11 Å². The maximum atomic E-state index is 13.3. The number of H-pyrrole nitrogens is 1. The van der Waals surface area contributed by atoms with Crippen molar-refractivity contribution in [1.29, 1.82) is 0 Å². The second-order valence-electron chi connectivity index (χ2n) is 10.2. The Bertz CT molecular complexity index is 1370. The number of aromatic nitrogens is 2. The SMILES string of the molecule is Cc1ccc(-c2csc3nc(CN(C[C@H](O)Cc4ccccc4)C4CCCCC4)[nH]c(=O)c23)cc1C. The number of benzene rings is 2. The Morgan fingerprint density at radius 2 is 1.86 bits per heavy atom. The fourth-order valence-corrected chi connectivity index (χ4v) is 6.36. The maximum absolute atomic E-state index is 13.3. The molecule has 1 aliphatic carbocycles. The van der Waals surface area contributed by atoms with Gasteiger partial charge in [-0.05, 0) is 55.4 Å². The van der Waals surface area contributed by atoms with Crippen LogP contribution in [-0.4, -0.2) is 38.7 Å². The predicted molar refractivity (Wildman–Crippen MR) is 149 cm³/mol. The standard InChI is InChI=1S/C30H35N3O2S/c1-20-13-14-23(15-21(20)2)26-19-36-30-28(26)29(35)31-27(32-30)18-33(24-11-7-4-8-12-24)17-25(34)16-22-9-5-3-6-10-22/h3,5-6,9-10,13-15,19,24-25,34H,4,7-8,11-12,16-18H2,1-2H3,(H,31,32,35)/t25-/m1/s1. The van der Waals surface area contributed by atoms with Crippen LogP contribution in [0, 0.1) is 13.8 Å². The Hall–Kier alpha value is -2.80. The molecule has 1 aliphatic rings. The van der Waals surface area contributed by atoms with Crippen molar-refractivity contribution in [2.45, 2.75) is 71.1 Å². The molecule has 0 saturated heterocycles. The van der Waals surface area contributed by atoms with Crippen molar-refractivity contribution in [2.75, 3.05) is 6.54 Å². The van der Waals surface area contributed by atoms with Crippen molar-refractivity contribution in [3.63, 3.8) is 0 Å². The molecule has 2 heterocycles. The summed E-state index contributed by atoms with van der Waals surface area (Å²) in [5, 5.41) is 13.7. The van der Waals surface area contributed by atoms with E-state index in [-0.39, 0.29) is 5.56 Å². The second-order valence-corrected chi connectivity index (χ2v) is 11.1. The molecule has 2 aromatic carbocycles. The number of nitrogens with zero attached hydrogens (tertiary/aromatic N) is 2. The quantitative estimate of drug-likeness (QED) is 0.310. The van der Waals surface area contributed by atoms with Crippen LogP contribution in [0.25, 0.3) is 21.3 Å².